The fourth-order valence-electron chi connectivity index (χ4n) is 3.35. The van der Waals surface area contributed by atoms with Gasteiger partial charge in [-0.1, -0.05) is 18.2 Å². The molecule has 118 valence electrons. The smallest absolute Gasteiger partial charge is 0.421 e. The fourth-order valence-corrected chi connectivity index (χ4v) is 3.35. The zero-order valence-corrected chi connectivity index (χ0v) is 12.1. The Morgan fingerprint density at radius 3 is 2.36 bits per heavy atom. The number of carbonyl (C=O) groups excluding carboxylic acids is 2. The summed E-state index contributed by atoms with van der Waals surface area (Å²) in [6.07, 6.45) is 1.87. The Morgan fingerprint density at radius 1 is 1.14 bits per heavy atom. The van der Waals surface area contributed by atoms with E-state index >= 15 is 0 Å². The summed E-state index contributed by atoms with van der Waals surface area (Å²) < 4.78 is 10.6. The molecule has 0 spiro atoms. The summed E-state index contributed by atoms with van der Waals surface area (Å²) in [7, 11) is 0. The van der Waals surface area contributed by atoms with Gasteiger partial charge in [-0.2, -0.15) is 0 Å². The van der Waals surface area contributed by atoms with Crippen molar-refractivity contribution in [2.75, 3.05) is 0 Å². The highest BCUT2D eigenvalue weighted by Crippen LogP contribution is 2.37. The Hall–Kier alpha value is -2.28. The SMILES string of the molecule is NNC(=O)OC1C[C@H]2CC[C@@H](C1)N2C(=O)Oc1ccccc1. The van der Waals surface area contributed by atoms with Crippen LogP contribution in [0.5, 0.6) is 5.75 Å². The van der Waals surface area contributed by atoms with Crippen molar-refractivity contribution in [1.29, 1.82) is 0 Å². The van der Waals surface area contributed by atoms with Crippen molar-refractivity contribution in [3.8, 4) is 5.75 Å². The number of para-hydroxylation sites is 1. The third-order valence-electron chi connectivity index (χ3n) is 4.24. The lowest BCUT2D eigenvalue weighted by atomic mass is 10.0. The summed E-state index contributed by atoms with van der Waals surface area (Å²) in [5.74, 6) is 5.56. The summed E-state index contributed by atoms with van der Waals surface area (Å²) >= 11 is 0. The molecule has 0 aromatic heterocycles. The Labute approximate surface area is 128 Å². The van der Waals surface area contributed by atoms with E-state index in [1.165, 1.54) is 0 Å². The average molecular weight is 305 g/mol. The van der Waals surface area contributed by atoms with Crippen LogP contribution in [-0.4, -0.2) is 35.3 Å². The van der Waals surface area contributed by atoms with Crippen LogP contribution in [0.15, 0.2) is 30.3 Å². The predicted octanol–water partition coefficient (Wildman–Crippen LogP) is 1.78. The maximum atomic E-state index is 12.4. The van der Waals surface area contributed by atoms with Crippen LogP contribution in [0.2, 0.25) is 0 Å². The van der Waals surface area contributed by atoms with E-state index < -0.39 is 6.09 Å². The number of hydrogen-bond donors (Lipinski definition) is 2. The highest BCUT2D eigenvalue weighted by Gasteiger charge is 2.45. The van der Waals surface area contributed by atoms with Crippen LogP contribution < -0.4 is 16.0 Å². The second-order valence-electron chi connectivity index (χ2n) is 5.62. The van der Waals surface area contributed by atoms with Crippen molar-refractivity contribution in [3.05, 3.63) is 30.3 Å². The molecular weight excluding hydrogens is 286 g/mol. The van der Waals surface area contributed by atoms with Crippen molar-refractivity contribution in [2.24, 2.45) is 5.84 Å². The van der Waals surface area contributed by atoms with Crippen molar-refractivity contribution in [3.63, 3.8) is 0 Å². The first kappa shape index (κ1) is 14.6. The van der Waals surface area contributed by atoms with Crippen LogP contribution in [0.1, 0.15) is 25.7 Å². The molecule has 0 radical (unpaired) electrons. The van der Waals surface area contributed by atoms with Gasteiger partial charge in [0.2, 0.25) is 0 Å². The number of piperidine rings is 1. The van der Waals surface area contributed by atoms with Gasteiger partial charge in [-0.25, -0.2) is 15.4 Å². The van der Waals surface area contributed by atoms with Gasteiger partial charge in [0.15, 0.2) is 0 Å². The normalized spacial score (nSPS) is 26.4. The Morgan fingerprint density at radius 2 is 1.77 bits per heavy atom. The molecule has 1 aromatic carbocycles. The number of amides is 2. The van der Waals surface area contributed by atoms with Crippen LogP contribution in [0, 0.1) is 0 Å². The van der Waals surface area contributed by atoms with E-state index in [4.69, 9.17) is 15.3 Å². The number of nitrogens with zero attached hydrogens (tertiary/aromatic N) is 1. The summed E-state index contributed by atoms with van der Waals surface area (Å²) in [6.45, 7) is 0. The van der Waals surface area contributed by atoms with Gasteiger partial charge in [-0.05, 0) is 25.0 Å². The van der Waals surface area contributed by atoms with Gasteiger partial charge < -0.3 is 14.4 Å². The van der Waals surface area contributed by atoms with Crippen LogP contribution in [0.25, 0.3) is 0 Å². The number of nitrogens with two attached hydrogens (primary N) is 1. The van der Waals surface area contributed by atoms with Gasteiger partial charge in [-0.15, -0.1) is 0 Å². The van der Waals surface area contributed by atoms with Crippen molar-refractivity contribution in [1.82, 2.24) is 10.3 Å². The molecule has 2 aliphatic rings. The summed E-state index contributed by atoms with van der Waals surface area (Å²) in [6, 6.07) is 9.11. The quantitative estimate of drug-likeness (QED) is 0.493. The predicted molar refractivity (Wildman–Crippen MR) is 77.9 cm³/mol. The topological polar surface area (TPSA) is 93.9 Å². The lowest BCUT2D eigenvalue weighted by Crippen LogP contribution is -2.50. The zero-order chi connectivity index (χ0) is 15.5. The largest absolute Gasteiger partial charge is 0.445 e. The minimum Gasteiger partial charge on any atom is -0.445 e. The van der Waals surface area contributed by atoms with Crippen molar-refractivity contribution < 1.29 is 19.1 Å². The molecule has 2 amide bonds. The number of benzene rings is 1. The average Bonchev–Trinajstić information content (AvgIpc) is 2.80. The first-order valence-corrected chi connectivity index (χ1v) is 7.40. The number of rotatable bonds is 2. The maximum absolute atomic E-state index is 12.4. The summed E-state index contributed by atoms with van der Waals surface area (Å²) in [4.78, 5) is 25.4. The Bertz CT molecular complexity index is 537. The number of hydrogen-bond acceptors (Lipinski definition) is 5. The number of fused-ring (bicyclic) bond motifs is 2. The van der Waals surface area contributed by atoms with E-state index in [0.717, 1.165) is 12.8 Å². The molecule has 0 aliphatic carbocycles. The van der Waals surface area contributed by atoms with Crippen molar-refractivity contribution >= 4 is 12.2 Å². The van der Waals surface area contributed by atoms with E-state index in [2.05, 4.69) is 0 Å². The molecule has 22 heavy (non-hydrogen) atoms. The molecular formula is C15H19N3O4. The molecule has 3 atom stereocenters. The zero-order valence-electron chi connectivity index (χ0n) is 12.1. The number of carbonyl (C=O) groups is 2. The summed E-state index contributed by atoms with van der Waals surface area (Å²) in [5.41, 5.74) is 1.96. The van der Waals surface area contributed by atoms with E-state index in [9.17, 15) is 9.59 Å². The third-order valence-corrected chi connectivity index (χ3v) is 4.24. The standard InChI is InChI=1S/C15H19N3O4/c16-17-14(19)21-13-8-10-6-7-11(9-13)18(10)15(20)22-12-4-2-1-3-5-12/h1-5,10-11,13H,6-9,16H2,(H,17,19)/t10-,11+,13?. The maximum Gasteiger partial charge on any atom is 0.421 e. The third kappa shape index (κ3) is 2.99. The fraction of sp³-hybridized carbons (Fsp3) is 0.467. The van der Waals surface area contributed by atoms with E-state index in [1.54, 1.807) is 17.0 Å². The molecule has 7 nitrogen and oxygen atoms in total. The molecule has 2 fully saturated rings. The van der Waals surface area contributed by atoms with Gasteiger partial charge in [-0.3, -0.25) is 5.43 Å². The van der Waals surface area contributed by atoms with Gasteiger partial charge in [0.25, 0.3) is 0 Å². The molecule has 2 saturated heterocycles. The van der Waals surface area contributed by atoms with Crippen LogP contribution in [0.3, 0.4) is 0 Å². The molecule has 7 heteroatoms. The van der Waals surface area contributed by atoms with Crippen LogP contribution in [-0.2, 0) is 4.74 Å². The van der Waals surface area contributed by atoms with E-state index in [1.807, 2.05) is 23.6 Å². The first-order chi connectivity index (χ1) is 10.7. The first-order valence-electron chi connectivity index (χ1n) is 7.40. The molecule has 3 rings (SSSR count). The lowest BCUT2D eigenvalue weighted by Gasteiger charge is -2.37. The molecule has 0 saturated carbocycles. The highest BCUT2D eigenvalue weighted by molar-refractivity contribution is 5.72. The Kier molecular flexibility index (Phi) is 4.15. The lowest BCUT2D eigenvalue weighted by molar-refractivity contribution is 0.0241. The minimum absolute atomic E-state index is 0.0468. The van der Waals surface area contributed by atoms with Gasteiger partial charge in [0, 0.05) is 24.9 Å². The van der Waals surface area contributed by atoms with Crippen LogP contribution in [0.4, 0.5) is 9.59 Å². The monoisotopic (exact) mass is 305 g/mol. The van der Waals surface area contributed by atoms with E-state index in [0.29, 0.717) is 18.6 Å². The van der Waals surface area contributed by atoms with E-state index in [-0.39, 0.29) is 24.3 Å². The highest BCUT2D eigenvalue weighted by atomic mass is 16.6. The second kappa shape index (κ2) is 6.23. The number of nitrogens with one attached hydrogen (secondary N) is 1. The van der Waals surface area contributed by atoms with Crippen LogP contribution >= 0.6 is 0 Å². The van der Waals surface area contributed by atoms with Gasteiger partial charge in [0.05, 0.1) is 0 Å². The molecule has 2 heterocycles. The number of hydrazine groups is 1. The van der Waals surface area contributed by atoms with Crippen molar-refractivity contribution in [2.45, 2.75) is 43.9 Å². The summed E-state index contributed by atoms with van der Waals surface area (Å²) in [5, 5.41) is 0. The Balaban J connectivity index is 1.62. The van der Waals surface area contributed by atoms with Gasteiger partial charge >= 0.3 is 12.2 Å². The minimum atomic E-state index is -0.635. The van der Waals surface area contributed by atoms with Gasteiger partial charge in [0.1, 0.15) is 11.9 Å². The second-order valence-corrected chi connectivity index (χ2v) is 5.62. The molecule has 1 aromatic rings. The number of ether oxygens (including phenoxy) is 2. The molecule has 3 N–H and O–H groups in total. The molecule has 2 bridgehead atoms. The molecule has 1 unspecified atom stereocenters. The molecule has 2 aliphatic heterocycles.